The van der Waals surface area contributed by atoms with E-state index in [-0.39, 0.29) is 5.91 Å². The van der Waals surface area contributed by atoms with Gasteiger partial charge >= 0.3 is 6.09 Å². The first-order valence-electron chi connectivity index (χ1n) is 9.54. The van der Waals surface area contributed by atoms with Crippen molar-refractivity contribution in [2.45, 2.75) is 45.8 Å². The van der Waals surface area contributed by atoms with Crippen molar-refractivity contribution in [3.8, 4) is 0 Å². The van der Waals surface area contributed by atoms with Crippen LogP contribution in [-0.4, -0.2) is 24.1 Å². The predicted octanol–water partition coefficient (Wildman–Crippen LogP) is 3.81. The summed E-state index contributed by atoms with van der Waals surface area (Å²) in [6, 6.07) is 15.3. The molecule has 2 N–H and O–H groups in total. The molecule has 0 atom stereocenters. The Kier molecular flexibility index (Phi) is 5.87. The third-order valence-electron chi connectivity index (χ3n) is 4.37. The first-order valence-corrected chi connectivity index (χ1v) is 9.54. The standard InChI is InChI=1S/C22H27N3O3/c1-22(2,3)28-21(27)23-15-16-8-6-10-18(14-16)20(26)24-25-13-7-11-17-9-4-5-12-19(17)25/h4-6,8-10,12,14H,7,11,13,15H2,1-3H3,(H,23,27)(H,24,26). The molecule has 0 radical (unpaired) electrons. The van der Waals surface area contributed by atoms with Gasteiger partial charge in [0.05, 0.1) is 5.69 Å². The molecular weight excluding hydrogens is 354 g/mol. The summed E-state index contributed by atoms with van der Waals surface area (Å²) in [6.45, 7) is 6.52. The lowest BCUT2D eigenvalue weighted by atomic mass is 10.0. The van der Waals surface area contributed by atoms with Gasteiger partial charge in [0, 0.05) is 18.7 Å². The molecule has 0 saturated carbocycles. The molecule has 2 amide bonds. The summed E-state index contributed by atoms with van der Waals surface area (Å²) in [6.07, 6.45) is 1.54. The molecule has 1 heterocycles. The third-order valence-corrected chi connectivity index (χ3v) is 4.37. The van der Waals surface area contributed by atoms with Crippen LogP contribution >= 0.6 is 0 Å². The van der Waals surface area contributed by atoms with E-state index in [1.165, 1.54) is 5.56 Å². The van der Waals surface area contributed by atoms with Crippen molar-refractivity contribution in [2.24, 2.45) is 0 Å². The number of alkyl carbamates (subject to hydrolysis) is 1. The number of benzene rings is 2. The third kappa shape index (κ3) is 5.25. The fourth-order valence-electron chi connectivity index (χ4n) is 3.15. The molecule has 148 valence electrons. The number of hydrazine groups is 1. The maximum absolute atomic E-state index is 12.7. The van der Waals surface area contributed by atoms with Crippen LogP contribution < -0.4 is 15.8 Å². The summed E-state index contributed by atoms with van der Waals surface area (Å²) in [7, 11) is 0. The average molecular weight is 381 g/mol. The summed E-state index contributed by atoms with van der Waals surface area (Å²) in [4.78, 5) is 24.5. The quantitative estimate of drug-likeness (QED) is 0.845. The Hall–Kier alpha value is -3.02. The lowest BCUT2D eigenvalue weighted by molar-refractivity contribution is 0.0523. The SMILES string of the molecule is CC(C)(C)OC(=O)NCc1cccc(C(=O)NN2CCCc3ccccc32)c1. The number of carbonyl (C=O) groups is 2. The van der Waals surface area contributed by atoms with Crippen LogP contribution in [0.3, 0.4) is 0 Å². The summed E-state index contributed by atoms with van der Waals surface area (Å²) >= 11 is 0. The van der Waals surface area contributed by atoms with Crippen LogP contribution in [-0.2, 0) is 17.7 Å². The first-order chi connectivity index (χ1) is 13.3. The van der Waals surface area contributed by atoms with E-state index >= 15 is 0 Å². The first kappa shape index (κ1) is 19.7. The highest BCUT2D eigenvalue weighted by Gasteiger charge is 2.19. The summed E-state index contributed by atoms with van der Waals surface area (Å²) in [5, 5.41) is 4.62. The molecule has 6 heteroatoms. The van der Waals surface area contributed by atoms with Crippen molar-refractivity contribution in [1.82, 2.24) is 10.7 Å². The van der Waals surface area contributed by atoms with Gasteiger partial charge in [-0.05, 0) is 62.9 Å². The topological polar surface area (TPSA) is 70.7 Å². The zero-order chi connectivity index (χ0) is 20.1. The maximum atomic E-state index is 12.7. The fraction of sp³-hybridized carbons (Fsp3) is 0.364. The number of fused-ring (bicyclic) bond motifs is 1. The number of aryl methyl sites for hydroxylation is 1. The van der Waals surface area contributed by atoms with Crippen LogP contribution in [0.2, 0.25) is 0 Å². The highest BCUT2D eigenvalue weighted by molar-refractivity contribution is 5.95. The van der Waals surface area contributed by atoms with Gasteiger partial charge in [-0.1, -0.05) is 30.3 Å². The lowest BCUT2D eigenvalue weighted by Gasteiger charge is -2.31. The predicted molar refractivity (Wildman–Crippen MR) is 109 cm³/mol. The highest BCUT2D eigenvalue weighted by Crippen LogP contribution is 2.25. The Labute approximate surface area is 165 Å². The number of hydrogen-bond donors (Lipinski definition) is 2. The Morgan fingerprint density at radius 3 is 2.68 bits per heavy atom. The van der Waals surface area contributed by atoms with Crippen molar-refractivity contribution in [3.63, 3.8) is 0 Å². The van der Waals surface area contributed by atoms with Gasteiger partial charge < -0.3 is 10.1 Å². The van der Waals surface area contributed by atoms with Crippen molar-refractivity contribution < 1.29 is 14.3 Å². The minimum Gasteiger partial charge on any atom is -0.444 e. The maximum Gasteiger partial charge on any atom is 0.407 e. The number of hydrogen-bond acceptors (Lipinski definition) is 4. The minimum absolute atomic E-state index is 0.171. The molecule has 6 nitrogen and oxygen atoms in total. The van der Waals surface area contributed by atoms with Gasteiger partial charge in [-0.25, -0.2) is 4.79 Å². The minimum atomic E-state index is -0.545. The number of nitrogens with one attached hydrogen (secondary N) is 2. The molecule has 28 heavy (non-hydrogen) atoms. The molecule has 2 aromatic carbocycles. The lowest BCUT2D eigenvalue weighted by Crippen LogP contribution is -2.45. The highest BCUT2D eigenvalue weighted by atomic mass is 16.6. The zero-order valence-electron chi connectivity index (χ0n) is 16.6. The average Bonchev–Trinajstić information content (AvgIpc) is 2.65. The van der Waals surface area contributed by atoms with Crippen molar-refractivity contribution in [3.05, 3.63) is 65.2 Å². The summed E-state index contributed by atoms with van der Waals surface area (Å²) < 4.78 is 5.23. The number of carbonyl (C=O) groups excluding carboxylic acids is 2. The van der Waals surface area contributed by atoms with Crippen molar-refractivity contribution in [1.29, 1.82) is 0 Å². The molecule has 1 aliphatic rings. The number of para-hydroxylation sites is 1. The van der Waals surface area contributed by atoms with Crippen LogP contribution in [0.15, 0.2) is 48.5 Å². The monoisotopic (exact) mass is 381 g/mol. The molecule has 0 fully saturated rings. The van der Waals surface area contributed by atoms with Gasteiger partial charge in [0.15, 0.2) is 0 Å². The van der Waals surface area contributed by atoms with Crippen LogP contribution in [0, 0.1) is 0 Å². The van der Waals surface area contributed by atoms with Gasteiger partial charge in [0.25, 0.3) is 5.91 Å². The Morgan fingerprint density at radius 2 is 1.89 bits per heavy atom. The molecule has 0 unspecified atom stereocenters. The Morgan fingerprint density at radius 1 is 1.11 bits per heavy atom. The van der Waals surface area contributed by atoms with E-state index in [0.29, 0.717) is 12.1 Å². The molecule has 3 rings (SSSR count). The summed E-state index contributed by atoms with van der Waals surface area (Å²) in [5.41, 5.74) is 6.12. The molecule has 0 bridgehead atoms. The number of anilines is 1. The normalized spacial score (nSPS) is 13.5. The Balaban J connectivity index is 1.62. The van der Waals surface area contributed by atoms with E-state index in [1.807, 2.05) is 56.1 Å². The molecule has 0 spiro atoms. The largest absolute Gasteiger partial charge is 0.444 e. The van der Waals surface area contributed by atoms with Gasteiger partial charge in [0.1, 0.15) is 5.60 Å². The van der Waals surface area contributed by atoms with Crippen LogP contribution in [0.5, 0.6) is 0 Å². The van der Waals surface area contributed by atoms with E-state index in [2.05, 4.69) is 16.8 Å². The molecule has 0 aliphatic carbocycles. The van der Waals surface area contributed by atoms with Gasteiger partial charge in [-0.2, -0.15) is 0 Å². The molecule has 1 aliphatic heterocycles. The molecular formula is C22H27N3O3. The van der Waals surface area contributed by atoms with Crippen LogP contribution in [0.1, 0.15) is 48.7 Å². The van der Waals surface area contributed by atoms with Crippen molar-refractivity contribution in [2.75, 3.05) is 11.6 Å². The van der Waals surface area contributed by atoms with Crippen LogP contribution in [0.25, 0.3) is 0 Å². The van der Waals surface area contributed by atoms with Crippen molar-refractivity contribution >= 4 is 17.7 Å². The second-order valence-electron chi connectivity index (χ2n) is 7.88. The summed E-state index contributed by atoms with van der Waals surface area (Å²) in [5.74, 6) is -0.171. The second-order valence-corrected chi connectivity index (χ2v) is 7.88. The van der Waals surface area contributed by atoms with E-state index < -0.39 is 11.7 Å². The van der Waals surface area contributed by atoms with E-state index in [4.69, 9.17) is 4.74 Å². The van der Waals surface area contributed by atoms with E-state index in [9.17, 15) is 9.59 Å². The molecule has 0 saturated heterocycles. The zero-order valence-corrected chi connectivity index (χ0v) is 16.6. The fourth-order valence-corrected chi connectivity index (χ4v) is 3.15. The molecule has 2 aromatic rings. The molecule has 0 aromatic heterocycles. The number of rotatable bonds is 4. The van der Waals surface area contributed by atoms with Crippen LogP contribution in [0.4, 0.5) is 10.5 Å². The number of ether oxygens (including phenoxy) is 1. The number of nitrogens with zero attached hydrogens (tertiary/aromatic N) is 1. The van der Waals surface area contributed by atoms with Gasteiger partial charge in [-0.3, -0.25) is 15.2 Å². The van der Waals surface area contributed by atoms with E-state index in [1.54, 1.807) is 12.1 Å². The van der Waals surface area contributed by atoms with Gasteiger partial charge in [0.2, 0.25) is 0 Å². The Bertz CT molecular complexity index is 858. The van der Waals surface area contributed by atoms with E-state index in [0.717, 1.165) is 30.6 Å². The van der Waals surface area contributed by atoms with Gasteiger partial charge in [-0.15, -0.1) is 0 Å². The second kappa shape index (κ2) is 8.33. The number of amides is 2. The smallest absolute Gasteiger partial charge is 0.407 e.